The van der Waals surface area contributed by atoms with E-state index in [1.165, 1.54) is 18.4 Å². The van der Waals surface area contributed by atoms with Crippen LogP contribution in [-0.2, 0) is 0 Å². The first-order chi connectivity index (χ1) is 13.5. The number of hydrogen-bond acceptors (Lipinski definition) is 3. The number of nitrogens with zero attached hydrogens (tertiary/aromatic N) is 2. The van der Waals surface area contributed by atoms with Gasteiger partial charge in [0.05, 0.1) is 0 Å². The van der Waals surface area contributed by atoms with Crippen molar-refractivity contribution in [3.05, 3.63) is 65.0 Å². The van der Waals surface area contributed by atoms with Crippen LogP contribution in [0.25, 0.3) is 0 Å². The minimum atomic E-state index is 0.0303. The molecule has 2 saturated carbocycles. The maximum Gasteiger partial charge on any atom is 0.253 e. The Hall–Kier alpha value is -2.49. The average molecular weight is 377 g/mol. The van der Waals surface area contributed by atoms with Crippen LogP contribution in [0.1, 0.15) is 82.3 Å². The highest BCUT2D eigenvalue weighted by Gasteiger charge is 2.33. The van der Waals surface area contributed by atoms with Gasteiger partial charge in [-0.25, -0.2) is 0 Å². The van der Waals surface area contributed by atoms with Crippen molar-refractivity contribution in [3.8, 4) is 0 Å². The maximum absolute atomic E-state index is 13.1. The highest BCUT2D eigenvalue weighted by atomic mass is 16.2. The smallest absolute Gasteiger partial charge is 0.253 e. The van der Waals surface area contributed by atoms with Crippen LogP contribution in [-0.4, -0.2) is 35.7 Å². The zero-order valence-corrected chi connectivity index (χ0v) is 16.7. The molecule has 0 atom stereocenters. The summed E-state index contributed by atoms with van der Waals surface area (Å²) in [6, 6.07) is 12.0. The van der Waals surface area contributed by atoms with Gasteiger partial charge in [-0.05, 0) is 79.7 Å². The molecule has 2 aromatic rings. The van der Waals surface area contributed by atoms with Gasteiger partial charge in [0.1, 0.15) is 5.69 Å². The highest BCUT2D eigenvalue weighted by molar-refractivity contribution is 5.97. The predicted octanol–water partition coefficient (Wildman–Crippen LogP) is 4.82. The van der Waals surface area contributed by atoms with Crippen molar-refractivity contribution < 1.29 is 9.59 Å². The zero-order valence-electron chi connectivity index (χ0n) is 16.7. The monoisotopic (exact) mass is 376 g/mol. The lowest BCUT2D eigenvalue weighted by atomic mass is 9.76. The average Bonchev–Trinajstić information content (AvgIpc) is 3.58. The Balaban J connectivity index is 1.40. The number of carbonyl (C=O) groups is 2. The Morgan fingerprint density at radius 2 is 1.54 bits per heavy atom. The molecule has 1 aromatic carbocycles. The molecule has 0 unspecified atom stereocenters. The third-order valence-corrected chi connectivity index (χ3v) is 6.22. The van der Waals surface area contributed by atoms with E-state index in [-0.39, 0.29) is 17.6 Å². The molecule has 2 aliphatic carbocycles. The normalized spacial score (nSPS) is 21.9. The number of rotatable bonds is 5. The maximum atomic E-state index is 13.1. The SMILES string of the molecule is CN(C)C(=O)c1ccc(C2CCC(C(=O)c3ncccc3C3CC3)CC2)cc1. The van der Waals surface area contributed by atoms with Gasteiger partial charge in [-0.1, -0.05) is 18.2 Å². The van der Waals surface area contributed by atoms with E-state index in [1.807, 2.05) is 18.2 Å². The van der Waals surface area contributed by atoms with Crippen LogP contribution >= 0.6 is 0 Å². The molecule has 0 aliphatic heterocycles. The first-order valence-corrected chi connectivity index (χ1v) is 10.4. The Kier molecular flexibility index (Phi) is 5.29. The van der Waals surface area contributed by atoms with E-state index in [2.05, 4.69) is 23.2 Å². The van der Waals surface area contributed by atoms with Gasteiger partial charge in [0.15, 0.2) is 5.78 Å². The van der Waals surface area contributed by atoms with Crippen LogP contribution in [0.2, 0.25) is 0 Å². The van der Waals surface area contributed by atoms with Crippen LogP contribution in [0.5, 0.6) is 0 Å². The molecule has 0 radical (unpaired) electrons. The molecule has 1 aromatic heterocycles. The second-order valence-corrected chi connectivity index (χ2v) is 8.45. The van der Waals surface area contributed by atoms with Gasteiger partial charge in [0.2, 0.25) is 0 Å². The standard InChI is InChI=1S/C24H28N2O2/c1-26(2)24(28)20-13-7-17(8-14-20)16-5-11-19(12-6-16)23(27)22-21(18-9-10-18)4-3-15-25-22/h3-4,7-8,13-16,18-19H,5-6,9-12H2,1-2H3. The molecule has 0 saturated heterocycles. The molecule has 4 heteroatoms. The molecular formula is C24H28N2O2. The number of ketones is 1. The number of Topliss-reactive ketones (excluding diaryl/α,β-unsaturated/α-hetero) is 1. The van der Waals surface area contributed by atoms with Crippen molar-refractivity contribution in [2.24, 2.45) is 5.92 Å². The second kappa shape index (κ2) is 7.86. The fourth-order valence-electron chi connectivity index (χ4n) is 4.39. The predicted molar refractivity (Wildman–Crippen MR) is 110 cm³/mol. The molecule has 0 bridgehead atoms. The van der Waals surface area contributed by atoms with Crippen LogP contribution in [0.15, 0.2) is 42.6 Å². The Labute approximate surface area is 167 Å². The van der Waals surface area contributed by atoms with Gasteiger partial charge in [-0.15, -0.1) is 0 Å². The van der Waals surface area contributed by atoms with Crippen molar-refractivity contribution >= 4 is 11.7 Å². The first-order valence-electron chi connectivity index (χ1n) is 10.4. The summed E-state index contributed by atoms with van der Waals surface area (Å²) in [5, 5.41) is 0. The lowest BCUT2D eigenvalue weighted by Gasteiger charge is -2.28. The molecule has 0 spiro atoms. The van der Waals surface area contributed by atoms with E-state index in [9.17, 15) is 9.59 Å². The van der Waals surface area contributed by atoms with E-state index in [1.54, 1.807) is 25.2 Å². The minimum absolute atomic E-state index is 0.0303. The summed E-state index contributed by atoms with van der Waals surface area (Å²) in [7, 11) is 3.54. The van der Waals surface area contributed by atoms with Crippen molar-refractivity contribution in [2.75, 3.05) is 14.1 Å². The zero-order chi connectivity index (χ0) is 19.7. The van der Waals surface area contributed by atoms with Gasteiger partial charge >= 0.3 is 0 Å². The van der Waals surface area contributed by atoms with Gasteiger partial charge in [0.25, 0.3) is 5.91 Å². The van der Waals surface area contributed by atoms with Crippen LogP contribution in [0.3, 0.4) is 0 Å². The minimum Gasteiger partial charge on any atom is -0.345 e. The van der Waals surface area contributed by atoms with E-state index in [0.717, 1.165) is 42.5 Å². The van der Waals surface area contributed by atoms with E-state index >= 15 is 0 Å². The van der Waals surface area contributed by atoms with Crippen LogP contribution < -0.4 is 0 Å². The molecule has 1 amide bonds. The molecule has 0 N–H and O–H groups in total. The highest BCUT2D eigenvalue weighted by Crippen LogP contribution is 2.43. The molecule has 1 heterocycles. The van der Waals surface area contributed by atoms with Crippen molar-refractivity contribution in [1.82, 2.24) is 9.88 Å². The number of amides is 1. The summed E-state index contributed by atoms with van der Waals surface area (Å²) in [5.74, 6) is 1.39. The van der Waals surface area contributed by atoms with Crippen LogP contribution in [0.4, 0.5) is 0 Å². The van der Waals surface area contributed by atoms with E-state index < -0.39 is 0 Å². The molecule has 4 rings (SSSR count). The van der Waals surface area contributed by atoms with Crippen molar-refractivity contribution in [1.29, 1.82) is 0 Å². The summed E-state index contributed by atoms with van der Waals surface area (Å²) >= 11 is 0. The second-order valence-electron chi connectivity index (χ2n) is 8.45. The molecule has 146 valence electrons. The van der Waals surface area contributed by atoms with E-state index in [0.29, 0.717) is 11.8 Å². The van der Waals surface area contributed by atoms with Crippen LogP contribution in [0, 0.1) is 5.92 Å². The molecule has 2 aliphatic rings. The molecule has 2 fully saturated rings. The van der Waals surface area contributed by atoms with Crippen molar-refractivity contribution in [3.63, 3.8) is 0 Å². The summed E-state index contributed by atoms with van der Waals surface area (Å²) in [5.41, 5.74) is 3.88. The molecule has 28 heavy (non-hydrogen) atoms. The topological polar surface area (TPSA) is 50.3 Å². The molecule has 4 nitrogen and oxygen atoms in total. The number of aromatic nitrogens is 1. The number of hydrogen-bond donors (Lipinski definition) is 0. The van der Waals surface area contributed by atoms with Gasteiger partial charge < -0.3 is 4.90 Å². The van der Waals surface area contributed by atoms with Gasteiger partial charge in [-0.2, -0.15) is 0 Å². The Bertz CT molecular complexity index is 860. The lowest BCUT2D eigenvalue weighted by molar-refractivity contribution is 0.0826. The number of pyridine rings is 1. The lowest BCUT2D eigenvalue weighted by Crippen LogP contribution is -2.23. The molecular weight excluding hydrogens is 348 g/mol. The third kappa shape index (κ3) is 3.87. The van der Waals surface area contributed by atoms with E-state index in [4.69, 9.17) is 0 Å². The van der Waals surface area contributed by atoms with Gasteiger partial charge in [-0.3, -0.25) is 14.6 Å². The third-order valence-electron chi connectivity index (χ3n) is 6.22. The summed E-state index contributed by atoms with van der Waals surface area (Å²) in [6.45, 7) is 0. The Morgan fingerprint density at radius 1 is 0.893 bits per heavy atom. The number of carbonyl (C=O) groups excluding carboxylic acids is 2. The number of benzene rings is 1. The summed E-state index contributed by atoms with van der Waals surface area (Å²) in [6.07, 6.45) is 7.99. The Morgan fingerprint density at radius 3 is 2.14 bits per heavy atom. The fourth-order valence-corrected chi connectivity index (χ4v) is 4.39. The first kappa shape index (κ1) is 18.9. The van der Waals surface area contributed by atoms with Gasteiger partial charge in [0, 0.05) is 31.8 Å². The quantitative estimate of drug-likeness (QED) is 0.703. The fraction of sp³-hybridized carbons (Fsp3) is 0.458. The largest absolute Gasteiger partial charge is 0.345 e. The summed E-state index contributed by atoms with van der Waals surface area (Å²) in [4.78, 5) is 31.2. The van der Waals surface area contributed by atoms with Crippen molar-refractivity contribution in [2.45, 2.75) is 50.4 Å². The summed E-state index contributed by atoms with van der Waals surface area (Å²) < 4.78 is 0.